The first-order valence-corrected chi connectivity index (χ1v) is 11.3. The van der Waals surface area contributed by atoms with E-state index in [0.717, 1.165) is 6.07 Å². The van der Waals surface area contributed by atoms with Crippen molar-refractivity contribution in [3.05, 3.63) is 95.6 Å². The van der Waals surface area contributed by atoms with Gasteiger partial charge in [-0.2, -0.15) is 18.3 Å². The predicted molar refractivity (Wildman–Crippen MR) is 132 cm³/mol. The lowest BCUT2D eigenvalue weighted by Crippen LogP contribution is -2.18. The molecular weight excluding hydrogens is 502 g/mol. The highest BCUT2D eigenvalue weighted by Gasteiger charge is 2.36. The number of nitrogens with one attached hydrogen (secondary N) is 1. The van der Waals surface area contributed by atoms with Crippen LogP contribution in [0.2, 0.25) is 0 Å². The maximum atomic E-state index is 15.0. The van der Waals surface area contributed by atoms with Crippen LogP contribution in [0.3, 0.4) is 0 Å². The number of rotatable bonds is 5. The number of carbonyl (C=O) groups excluding carboxylic acids is 2. The zero-order valence-electron chi connectivity index (χ0n) is 20.0. The van der Waals surface area contributed by atoms with E-state index in [1.54, 1.807) is 42.5 Å². The number of amides is 1. The Balaban J connectivity index is 1.64. The van der Waals surface area contributed by atoms with Crippen molar-refractivity contribution in [3.63, 3.8) is 0 Å². The number of anilines is 1. The average Bonchev–Trinajstić information content (AvgIpc) is 3.47. The van der Waals surface area contributed by atoms with E-state index in [9.17, 15) is 27.2 Å². The molecular formula is C27H19F4N5O2. The Morgan fingerprint density at radius 1 is 0.974 bits per heavy atom. The minimum atomic E-state index is -4.88. The quantitative estimate of drug-likeness (QED) is 0.227. The number of hydrogen-bond acceptors (Lipinski definition) is 4. The molecule has 1 amide bonds. The molecule has 0 saturated heterocycles. The average molecular weight is 521 g/mol. The molecule has 3 heterocycles. The molecule has 7 nitrogen and oxygen atoms in total. The monoisotopic (exact) mass is 521 g/mol. The van der Waals surface area contributed by atoms with Gasteiger partial charge in [0.05, 0.1) is 16.8 Å². The number of imidazole rings is 1. The summed E-state index contributed by atoms with van der Waals surface area (Å²) in [5.74, 6) is -2.35. The Kier molecular flexibility index (Phi) is 6.06. The molecule has 11 heteroatoms. The minimum Gasteiger partial charge on any atom is -0.306 e. The van der Waals surface area contributed by atoms with Gasteiger partial charge in [-0.25, -0.2) is 9.37 Å². The number of benzene rings is 2. The normalized spacial score (nSPS) is 11.6. The fourth-order valence-electron chi connectivity index (χ4n) is 4.11. The third kappa shape index (κ3) is 4.54. The number of alkyl halides is 3. The topological polar surface area (TPSA) is 81.3 Å². The summed E-state index contributed by atoms with van der Waals surface area (Å²) in [6.07, 6.45) is -1.90. The van der Waals surface area contributed by atoms with Crippen molar-refractivity contribution in [1.82, 2.24) is 19.2 Å². The van der Waals surface area contributed by atoms with E-state index in [4.69, 9.17) is 0 Å². The Bertz CT molecular complexity index is 1700. The van der Waals surface area contributed by atoms with Crippen LogP contribution in [0, 0.1) is 5.82 Å². The largest absolute Gasteiger partial charge is 0.417 e. The lowest BCUT2D eigenvalue weighted by Gasteiger charge is -2.15. The van der Waals surface area contributed by atoms with E-state index in [0.29, 0.717) is 28.5 Å². The lowest BCUT2D eigenvalue weighted by molar-refractivity contribution is -0.137. The molecule has 192 valence electrons. The molecule has 38 heavy (non-hydrogen) atoms. The van der Waals surface area contributed by atoms with E-state index in [1.807, 2.05) is 0 Å². The second-order valence-electron chi connectivity index (χ2n) is 8.58. The lowest BCUT2D eigenvalue weighted by atomic mass is 9.99. The second-order valence-corrected chi connectivity index (χ2v) is 8.58. The molecule has 0 spiro atoms. The summed E-state index contributed by atoms with van der Waals surface area (Å²) >= 11 is 0. The molecule has 0 aliphatic heterocycles. The van der Waals surface area contributed by atoms with Gasteiger partial charge in [0.1, 0.15) is 23.0 Å². The smallest absolute Gasteiger partial charge is 0.306 e. The highest BCUT2D eigenvalue weighted by Crippen LogP contribution is 2.38. The zero-order chi connectivity index (χ0) is 27.2. The summed E-state index contributed by atoms with van der Waals surface area (Å²) in [6, 6.07) is 14.4. The molecule has 0 atom stereocenters. The van der Waals surface area contributed by atoms with Gasteiger partial charge in [0, 0.05) is 36.1 Å². The van der Waals surface area contributed by atoms with Crippen LogP contribution in [-0.4, -0.2) is 30.9 Å². The number of carbonyl (C=O) groups is 2. The van der Waals surface area contributed by atoms with Gasteiger partial charge in [-0.1, -0.05) is 30.3 Å². The van der Waals surface area contributed by atoms with Crippen molar-refractivity contribution in [3.8, 4) is 22.5 Å². The molecule has 0 aliphatic rings. The zero-order valence-corrected chi connectivity index (χ0v) is 20.0. The number of halogens is 4. The van der Waals surface area contributed by atoms with Crippen molar-refractivity contribution in [2.24, 2.45) is 7.05 Å². The molecule has 3 aromatic heterocycles. The van der Waals surface area contributed by atoms with Crippen molar-refractivity contribution in [2.45, 2.75) is 13.1 Å². The SMILES string of the molecule is CC(=O)c1ccn2c(NC(=O)c3cc(-c4ccn(C)n4)c(C(F)(F)F)cc3F)c(-c3ccccc3)nc2c1. The number of nitrogens with zero attached hydrogens (tertiary/aromatic N) is 4. The maximum Gasteiger partial charge on any atom is 0.417 e. The van der Waals surface area contributed by atoms with Crippen LogP contribution in [0.15, 0.2) is 73.1 Å². The Labute approximate surface area is 213 Å². The van der Waals surface area contributed by atoms with Gasteiger partial charge in [-0.15, -0.1) is 0 Å². The van der Waals surface area contributed by atoms with Crippen LogP contribution >= 0.6 is 0 Å². The van der Waals surface area contributed by atoms with Gasteiger partial charge in [0.2, 0.25) is 0 Å². The van der Waals surface area contributed by atoms with Crippen LogP contribution in [0.1, 0.15) is 33.2 Å². The van der Waals surface area contributed by atoms with E-state index in [1.165, 1.54) is 41.5 Å². The summed E-state index contributed by atoms with van der Waals surface area (Å²) in [5.41, 5.74) is -0.657. The summed E-state index contributed by atoms with van der Waals surface area (Å²) in [6.45, 7) is 1.40. The van der Waals surface area contributed by atoms with E-state index in [2.05, 4.69) is 15.4 Å². The van der Waals surface area contributed by atoms with E-state index in [-0.39, 0.29) is 17.3 Å². The number of aryl methyl sites for hydroxylation is 1. The molecule has 0 unspecified atom stereocenters. The van der Waals surface area contributed by atoms with Crippen LogP contribution in [-0.2, 0) is 13.2 Å². The number of Topliss-reactive ketones (excluding diaryl/α,β-unsaturated/α-hetero) is 1. The van der Waals surface area contributed by atoms with Gasteiger partial charge < -0.3 is 5.32 Å². The second kappa shape index (κ2) is 9.25. The number of aromatic nitrogens is 4. The molecule has 0 bridgehead atoms. The minimum absolute atomic E-state index is 0.0644. The standard InChI is InChI=1S/C27H19F4N5O2/c1-15(37)17-8-11-36-23(12-17)32-24(16-6-4-3-5-7-16)25(36)33-26(38)19-13-18(22-9-10-35(2)34-22)20(14-21(19)28)27(29,30)31/h3-14H,1-2H3,(H,33,38). The first-order valence-electron chi connectivity index (χ1n) is 11.3. The van der Waals surface area contributed by atoms with Gasteiger partial charge >= 0.3 is 6.18 Å². The Morgan fingerprint density at radius 2 is 1.71 bits per heavy atom. The fraction of sp³-hybridized carbons (Fsp3) is 0.111. The Morgan fingerprint density at radius 3 is 2.34 bits per heavy atom. The van der Waals surface area contributed by atoms with Crippen LogP contribution < -0.4 is 5.32 Å². The summed E-state index contributed by atoms with van der Waals surface area (Å²) in [4.78, 5) is 29.7. The van der Waals surface area contributed by atoms with E-state index >= 15 is 0 Å². The van der Waals surface area contributed by atoms with Crippen molar-refractivity contribution < 1.29 is 27.2 Å². The summed E-state index contributed by atoms with van der Waals surface area (Å²) in [7, 11) is 1.53. The maximum absolute atomic E-state index is 15.0. The number of pyridine rings is 1. The molecule has 0 saturated carbocycles. The highest BCUT2D eigenvalue weighted by molar-refractivity contribution is 6.07. The van der Waals surface area contributed by atoms with Crippen molar-refractivity contribution in [1.29, 1.82) is 0 Å². The van der Waals surface area contributed by atoms with E-state index < -0.39 is 34.6 Å². The predicted octanol–water partition coefficient (Wildman–Crippen LogP) is 6.01. The third-order valence-electron chi connectivity index (χ3n) is 5.96. The molecule has 5 rings (SSSR count). The first kappa shape index (κ1) is 24.9. The molecule has 2 aromatic carbocycles. The molecule has 0 fully saturated rings. The summed E-state index contributed by atoms with van der Waals surface area (Å²) in [5, 5.41) is 6.61. The van der Waals surface area contributed by atoms with Gasteiger partial charge in [-0.05, 0) is 37.3 Å². The third-order valence-corrected chi connectivity index (χ3v) is 5.96. The van der Waals surface area contributed by atoms with Crippen LogP contribution in [0.25, 0.3) is 28.2 Å². The highest BCUT2D eigenvalue weighted by atomic mass is 19.4. The number of fused-ring (bicyclic) bond motifs is 1. The van der Waals surface area contributed by atoms with Crippen molar-refractivity contribution >= 4 is 23.2 Å². The van der Waals surface area contributed by atoms with Gasteiger partial charge in [-0.3, -0.25) is 18.7 Å². The van der Waals surface area contributed by atoms with Crippen LogP contribution in [0.4, 0.5) is 23.4 Å². The first-order chi connectivity index (χ1) is 18.0. The number of hydrogen-bond donors (Lipinski definition) is 1. The molecule has 5 aromatic rings. The molecule has 0 radical (unpaired) electrons. The fourth-order valence-corrected chi connectivity index (χ4v) is 4.11. The van der Waals surface area contributed by atoms with Gasteiger partial charge in [0.15, 0.2) is 5.78 Å². The van der Waals surface area contributed by atoms with Gasteiger partial charge in [0.25, 0.3) is 5.91 Å². The molecule has 0 aliphatic carbocycles. The summed E-state index contributed by atoms with van der Waals surface area (Å²) < 4.78 is 59.0. The number of ketones is 1. The van der Waals surface area contributed by atoms with Crippen LogP contribution in [0.5, 0.6) is 0 Å². The van der Waals surface area contributed by atoms with Crippen molar-refractivity contribution in [2.75, 3.05) is 5.32 Å². The Hall–Kier alpha value is -4.80. The molecule has 1 N–H and O–H groups in total.